The van der Waals surface area contributed by atoms with E-state index in [1.165, 1.54) is 0 Å². The Morgan fingerprint density at radius 2 is 2.00 bits per heavy atom. The Kier molecular flexibility index (Phi) is 4.78. The molecule has 0 aliphatic heterocycles. The highest BCUT2D eigenvalue weighted by molar-refractivity contribution is 6.31. The molecule has 0 radical (unpaired) electrons. The van der Waals surface area contributed by atoms with Gasteiger partial charge in [0.1, 0.15) is 0 Å². The van der Waals surface area contributed by atoms with Crippen molar-refractivity contribution in [2.75, 3.05) is 7.11 Å². The quantitative estimate of drug-likeness (QED) is 0.860. The van der Waals surface area contributed by atoms with Gasteiger partial charge in [-0.1, -0.05) is 29.8 Å². The number of nitrogens with two attached hydrogens (primary N) is 1. The van der Waals surface area contributed by atoms with Crippen LogP contribution in [0.2, 0.25) is 5.02 Å². The van der Waals surface area contributed by atoms with Crippen molar-refractivity contribution in [3.05, 3.63) is 34.9 Å². The van der Waals surface area contributed by atoms with Gasteiger partial charge in [0, 0.05) is 18.2 Å². The predicted octanol–water partition coefficient (Wildman–Crippen LogP) is 3.02. The van der Waals surface area contributed by atoms with Gasteiger partial charge in [0.25, 0.3) is 0 Å². The van der Waals surface area contributed by atoms with Crippen LogP contribution in [0.3, 0.4) is 0 Å². The van der Waals surface area contributed by atoms with Crippen LogP contribution >= 0.6 is 11.6 Å². The Morgan fingerprint density at radius 3 is 2.56 bits per heavy atom. The average Bonchev–Trinajstić information content (AvgIpc) is 2.21. The summed E-state index contributed by atoms with van der Waals surface area (Å²) in [6.07, 6.45) is 1.60. The molecule has 1 aromatic rings. The fraction of sp³-hybridized carbons (Fsp3) is 0.538. The first-order chi connectivity index (χ1) is 7.44. The number of ether oxygens (including phenoxy) is 1. The summed E-state index contributed by atoms with van der Waals surface area (Å²) in [5, 5.41) is 0.785. The summed E-state index contributed by atoms with van der Waals surface area (Å²) in [6, 6.07) is 7.88. The lowest BCUT2D eigenvalue weighted by Gasteiger charge is -2.26. The van der Waals surface area contributed by atoms with E-state index in [4.69, 9.17) is 22.1 Å². The normalized spacial score (nSPS) is 13.8. The molecule has 16 heavy (non-hydrogen) atoms. The molecule has 0 fully saturated rings. The molecular weight excluding hydrogens is 222 g/mol. The van der Waals surface area contributed by atoms with Gasteiger partial charge in [-0.05, 0) is 38.3 Å². The fourth-order valence-electron chi connectivity index (χ4n) is 1.73. The number of rotatable bonds is 5. The van der Waals surface area contributed by atoms with Gasteiger partial charge in [0.15, 0.2) is 0 Å². The molecule has 0 aliphatic carbocycles. The van der Waals surface area contributed by atoms with Gasteiger partial charge in [0.2, 0.25) is 0 Å². The molecule has 0 heterocycles. The first-order valence-corrected chi connectivity index (χ1v) is 5.86. The second kappa shape index (κ2) is 5.67. The molecule has 1 unspecified atom stereocenters. The molecule has 1 aromatic carbocycles. The van der Waals surface area contributed by atoms with E-state index >= 15 is 0 Å². The molecule has 3 heteroatoms. The third kappa shape index (κ3) is 4.12. The molecule has 0 aromatic heterocycles. The Hall–Kier alpha value is -0.570. The lowest BCUT2D eigenvalue weighted by molar-refractivity contribution is 0.0102. The van der Waals surface area contributed by atoms with Crippen molar-refractivity contribution in [1.82, 2.24) is 0 Å². The standard InChI is InChI=1S/C13H20ClNO/c1-13(2,16-3)9-11(15)8-10-6-4-5-7-12(10)14/h4-7,11H,8-9,15H2,1-3H3. The molecule has 1 atom stereocenters. The molecule has 90 valence electrons. The van der Waals surface area contributed by atoms with Crippen LogP contribution in [0, 0.1) is 0 Å². The van der Waals surface area contributed by atoms with Crippen LogP contribution in [0.1, 0.15) is 25.8 Å². The predicted molar refractivity (Wildman–Crippen MR) is 68.8 cm³/mol. The topological polar surface area (TPSA) is 35.2 Å². The van der Waals surface area contributed by atoms with Crippen molar-refractivity contribution in [3.63, 3.8) is 0 Å². The SMILES string of the molecule is COC(C)(C)CC(N)Cc1ccccc1Cl. The maximum absolute atomic E-state index is 6.10. The summed E-state index contributed by atoms with van der Waals surface area (Å²) in [5.41, 5.74) is 7.02. The molecule has 0 spiro atoms. The molecule has 0 saturated carbocycles. The monoisotopic (exact) mass is 241 g/mol. The summed E-state index contributed by atoms with van der Waals surface area (Å²) in [5.74, 6) is 0. The van der Waals surface area contributed by atoms with Gasteiger partial charge >= 0.3 is 0 Å². The smallest absolute Gasteiger partial charge is 0.0637 e. The van der Waals surface area contributed by atoms with E-state index < -0.39 is 0 Å². The zero-order chi connectivity index (χ0) is 12.2. The molecule has 0 saturated heterocycles. The van der Waals surface area contributed by atoms with Gasteiger partial charge in [-0.15, -0.1) is 0 Å². The van der Waals surface area contributed by atoms with Crippen LogP contribution < -0.4 is 5.73 Å². The number of methoxy groups -OCH3 is 1. The summed E-state index contributed by atoms with van der Waals surface area (Å²) in [6.45, 7) is 4.08. The van der Waals surface area contributed by atoms with E-state index in [0.717, 1.165) is 23.4 Å². The minimum atomic E-state index is -0.180. The molecule has 1 rings (SSSR count). The van der Waals surface area contributed by atoms with Crippen LogP contribution in [-0.2, 0) is 11.2 Å². The van der Waals surface area contributed by atoms with E-state index in [1.54, 1.807) is 7.11 Å². The number of halogens is 1. The largest absolute Gasteiger partial charge is 0.379 e. The molecule has 0 aliphatic rings. The number of hydrogen-bond donors (Lipinski definition) is 1. The molecule has 0 bridgehead atoms. The van der Waals surface area contributed by atoms with E-state index in [1.807, 2.05) is 38.1 Å². The van der Waals surface area contributed by atoms with E-state index in [2.05, 4.69) is 0 Å². The highest BCUT2D eigenvalue weighted by Crippen LogP contribution is 2.20. The van der Waals surface area contributed by atoms with Crippen LogP contribution in [0.5, 0.6) is 0 Å². The highest BCUT2D eigenvalue weighted by Gasteiger charge is 2.20. The van der Waals surface area contributed by atoms with Gasteiger partial charge in [-0.25, -0.2) is 0 Å². The third-order valence-corrected chi connectivity index (χ3v) is 3.12. The van der Waals surface area contributed by atoms with Crippen molar-refractivity contribution in [3.8, 4) is 0 Å². The molecule has 2 N–H and O–H groups in total. The number of hydrogen-bond acceptors (Lipinski definition) is 2. The first-order valence-electron chi connectivity index (χ1n) is 5.49. The van der Waals surface area contributed by atoms with Gasteiger partial charge in [0.05, 0.1) is 5.60 Å². The maximum atomic E-state index is 6.10. The van der Waals surface area contributed by atoms with Gasteiger partial charge < -0.3 is 10.5 Å². The van der Waals surface area contributed by atoms with Gasteiger partial charge in [-0.2, -0.15) is 0 Å². The van der Waals surface area contributed by atoms with Crippen molar-refractivity contribution >= 4 is 11.6 Å². The summed E-state index contributed by atoms with van der Waals surface area (Å²) < 4.78 is 5.36. The second-order valence-electron chi connectivity index (χ2n) is 4.72. The Bertz CT molecular complexity index is 338. The fourth-order valence-corrected chi connectivity index (χ4v) is 1.95. The molecule has 0 amide bonds. The summed E-state index contributed by atoms with van der Waals surface area (Å²) >= 11 is 6.09. The zero-order valence-electron chi connectivity index (χ0n) is 10.2. The van der Waals surface area contributed by atoms with Crippen molar-refractivity contribution in [2.24, 2.45) is 5.73 Å². The van der Waals surface area contributed by atoms with Crippen molar-refractivity contribution in [1.29, 1.82) is 0 Å². The van der Waals surface area contributed by atoms with E-state index in [-0.39, 0.29) is 11.6 Å². The summed E-state index contributed by atoms with van der Waals surface area (Å²) in [7, 11) is 1.71. The highest BCUT2D eigenvalue weighted by atomic mass is 35.5. The zero-order valence-corrected chi connectivity index (χ0v) is 10.9. The van der Waals surface area contributed by atoms with Gasteiger partial charge in [-0.3, -0.25) is 0 Å². The van der Waals surface area contributed by atoms with Crippen LogP contribution in [0.4, 0.5) is 0 Å². The third-order valence-electron chi connectivity index (χ3n) is 2.75. The van der Waals surface area contributed by atoms with Crippen LogP contribution in [0.15, 0.2) is 24.3 Å². The van der Waals surface area contributed by atoms with E-state index in [0.29, 0.717) is 0 Å². The van der Waals surface area contributed by atoms with Crippen LogP contribution in [0.25, 0.3) is 0 Å². The van der Waals surface area contributed by atoms with E-state index in [9.17, 15) is 0 Å². The summed E-state index contributed by atoms with van der Waals surface area (Å²) in [4.78, 5) is 0. The Morgan fingerprint density at radius 1 is 1.38 bits per heavy atom. The molecular formula is C13H20ClNO. The lowest BCUT2D eigenvalue weighted by Crippen LogP contribution is -2.35. The second-order valence-corrected chi connectivity index (χ2v) is 5.13. The minimum Gasteiger partial charge on any atom is -0.379 e. The molecule has 2 nitrogen and oxygen atoms in total. The lowest BCUT2D eigenvalue weighted by atomic mass is 9.95. The number of benzene rings is 1. The first kappa shape index (κ1) is 13.5. The van der Waals surface area contributed by atoms with Crippen LogP contribution in [-0.4, -0.2) is 18.8 Å². The maximum Gasteiger partial charge on any atom is 0.0637 e. The Balaban J connectivity index is 2.58. The average molecular weight is 242 g/mol. The van der Waals surface area contributed by atoms with Crippen molar-refractivity contribution in [2.45, 2.75) is 38.3 Å². The minimum absolute atomic E-state index is 0.0647. The van der Waals surface area contributed by atoms with Crippen molar-refractivity contribution < 1.29 is 4.74 Å². The Labute approximate surface area is 103 Å².